The van der Waals surface area contributed by atoms with E-state index in [1.54, 1.807) is 11.8 Å². The van der Waals surface area contributed by atoms with E-state index < -0.39 is 6.10 Å². The Morgan fingerprint density at radius 3 is 3.00 bits per heavy atom. The van der Waals surface area contributed by atoms with Gasteiger partial charge in [-0.3, -0.25) is 0 Å². The monoisotopic (exact) mass is 294 g/mol. The summed E-state index contributed by atoms with van der Waals surface area (Å²) in [6.07, 6.45) is 1.15. The standard InChI is InChI=1S/C15H22N2O2S/c1-3-8-20-9-7-16-15(19)17-11-14(18)13-6-4-5-12(2)10-13/h3-6,10,14,18H,1,7-9,11H2,2H3,(H2,16,17,19). The number of carbonyl (C=O) groups is 1. The largest absolute Gasteiger partial charge is 0.387 e. The highest BCUT2D eigenvalue weighted by atomic mass is 32.2. The molecule has 0 spiro atoms. The van der Waals surface area contributed by atoms with Gasteiger partial charge in [-0.2, -0.15) is 11.8 Å². The number of aryl methyl sites for hydroxylation is 1. The van der Waals surface area contributed by atoms with Crippen molar-refractivity contribution in [1.82, 2.24) is 10.6 Å². The van der Waals surface area contributed by atoms with E-state index in [0.29, 0.717) is 6.54 Å². The SMILES string of the molecule is C=CCSCCNC(=O)NCC(O)c1cccc(C)c1. The summed E-state index contributed by atoms with van der Waals surface area (Å²) in [5.74, 6) is 1.73. The number of hydrogen-bond acceptors (Lipinski definition) is 3. The van der Waals surface area contributed by atoms with Crippen molar-refractivity contribution in [3.8, 4) is 0 Å². The molecule has 1 aromatic rings. The molecular weight excluding hydrogens is 272 g/mol. The molecule has 0 saturated carbocycles. The van der Waals surface area contributed by atoms with E-state index in [0.717, 1.165) is 22.6 Å². The molecule has 1 aromatic carbocycles. The number of amides is 2. The van der Waals surface area contributed by atoms with Crippen LogP contribution in [0.15, 0.2) is 36.9 Å². The minimum Gasteiger partial charge on any atom is -0.387 e. The minimum absolute atomic E-state index is 0.203. The molecule has 2 amide bonds. The van der Waals surface area contributed by atoms with Gasteiger partial charge in [-0.05, 0) is 12.5 Å². The fraction of sp³-hybridized carbons (Fsp3) is 0.400. The van der Waals surface area contributed by atoms with Crippen LogP contribution in [-0.4, -0.2) is 35.7 Å². The van der Waals surface area contributed by atoms with Gasteiger partial charge in [-0.15, -0.1) is 6.58 Å². The molecule has 0 radical (unpaired) electrons. The first-order valence-electron chi connectivity index (χ1n) is 6.58. The second-order valence-electron chi connectivity index (χ2n) is 4.43. The summed E-state index contributed by atoms with van der Waals surface area (Å²) in [5, 5.41) is 15.4. The number of rotatable bonds is 8. The number of urea groups is 1. The van der Waals surface area contributed by atoms with Gasteiger partial charge in [0.1, 0.15) is 0 Å². The van der Waals surface area contributed by atoms with Crippen LogP contribution in [0.5, 0.6) is 0 Å². The van der Waals surface area contributed by atoms with Crippen molar-refractivity contribution in [3.05, 3.63) is 48.0 Å². The Balaban J connectivity index is 2.21. The maximum absolute atomic E-state index is 11.5. The van der Waals surface area contributed by atoms with Gasteiger partial charge in [0.05, 0.1) is 6.10 Å². The molecule has 1 unspecified atom stereocenters. The smallest absolute Gasteiger partial charge is 0.314 e. The zero-order valence-electron chi connectivity index (χ0n) is 11.8. The molecule has 3 N–H and O–H groups in total. The Bertz CT molecular complexity index is 438. The minimum atomic E-state index is -0.684. The molecule has 20 heavy (non-hydrogen) atoms. The highest BCUT2D eigenvalue weighted by molar-refractivity contribution is 7.99. The summed E-state index contributed by atoms with van der Waals surface area (Å²) in [6.45, 7) is 6.40. The molecule has 0 aliphatic carbocycles. The molecule has 0 heterocycles. The lowest BCUT2D eigenvalue weighted by molar-refractivity contribution is 0.173. The third-order valence-corrected chi connectivity index (χ3v) is 3.61. The highest BCUT2D eigenvalue weighted by Crippen LogP contribution is 2.13. The van der Waals surface area contributed by atoms with Gasteiger partial charge in [0.2, 0.25) is 0 Å². The van der Waals surface area contributed by atoms with Gasteiger partial charge < -0.3 is 15.7 Å². The number of nitrogens with one attached hydrogen (secondary N) is 2. The van der Waals surface area contributed by atoms with E-state index in [2.05, 4.69) is 17.2 Å². The second-order valence-corrected chi connectivity index (χ2v) is 5.58. The lowest BCUT2D eigenvalue weighted by Crippen LogP contribution is -2.38. The highest BCUT2D eigenvalue weighted by Gasteiger charge is 2.09. The summed E-state index contributed by atoms with van der Waals surface area (Å²) in [4.78, 5) is 11.5. The van der Waals surface area contributed by atoms with E-state index in [1.807, 2.05) is 37.3 Å². The zero-order valence-corrected chi connectivity index (χ0v) is 12.6. The predicted molar refractivity (Wildman–Crippen MR) is 85.1 cm³/mol. The topological polar surface area (TPSA) is 61.4 Å². The van der Waals surface area contributed by atoms with E-state index in [9.17, 15) is 9.90 Å². The average molecular weight is 294 g/mol. The quantitative estimate of drug-likeness (QED) is 0.509. The van der Waals surface area contributed by atoms with Crippen LogP contribution in [0.4, 0.5) is 4.79 Å². The molecule has 0 fully saturated rings. The molecular formula is C15H22N2O2S. The first kappa shape index (κ1) is 16.6. The van der Waals surface area contributed by atoms with E-state index >= 15 is 0 Å². The summed E-state index contributed by atoms with van der Waals surface area (Å²) >= 11 is 1.71. The average Bonchev–Trinajstić information content (AvgIpc) is 2.44. The van der Waals surface area contributed by atoms with Crippen LogP contribution in [-0.2, 0) is 0 Å². The van der Waals surface area contributed by atoms with Crippen molar-refractivity contribution in [2.24, 2.45) is 0 Å². The van der Waals surface area contributed by atoms with Gasteiger partial charge in [0, 0.05) is 24.6 Å². The number of aliphatic hydroxyl groups is 1. The van der Waals surface area contributed by atoms with Crippen LogP contribution in [0.3, 0.4) is 0 Å². The summed E-state index contributed by atoms with van der Waals surface area (Å²) in [7, 11) is 0. The molecule has 110 valence electrons. The zero-order chi connectivity index (χ0) is 14.8. The molecule has 5 heteroatoms. The van der Waals surface area contributed by atoms with Crippen molar-refractivity contribution < 1.29 is 9.90 Å². The van der Waals surface area contributed by atoms with Crippen LogP contribution in [0.25, 0.3) is 0 Å². The van der Waals surface area contributed by atoms with Gasteiger partial charge in [0.25, 0.3) is 0 Å². The van der Waals surface area contributed by atoms with Crippen LogP contribution in [0.1, 0.15) is 17.2 Å². The molecule has 1 atom stereocenters. The van der Waals surface area contributed by atoms with Gasteiger partial charge >= 0.3 is 6.03 Å². The molecule has 0 aliphatic heterocycles. The number of carbonyl (C=O) groups excluding carboxylic acids is 1. The van der Waals surface area contributed by atoms with Gasteiger partial charge in [-0.1, -0.05) is 35.9 Å². The lowest BCUT2D eigenvalue weighted by atomic mass is 10.1. The number of thioether (sulfide) groups is 1. The fourth-order valence-electron chi connectivity index (χ4n) is 1.65. The van der Waals surface area contributed by atoms with Crippen molar-refractivity contribution in [2.45, 2.75) is 13.0 Å². The normalized spacial score (nSPS) is 11.7. The number of aliphatic hydroxyl groups excluding tert-OH is 1. The van der Waals surface area contributed by atoms with E-state index in [-0.39, 0.29) is 12.6 Å². The third kappa shape index (κ3) is 6.63. The lowest BCUT2D eigenvalue weighted by Gasteiger charge is -2.13. The number of benzene rings is 1. The van der Waals surface area contributed by atoms with Crippen LogP contribution in [0, 0.1) is 6.92 Å². The first-order valence-corrected chi connectivity index (χ1v) is 7.74. The number of hydrogen-bond donors (Lipinski definition) is 3. The van der Waals surface area contributed by atoms with Crippen LogP contribution in [0.2, 0.25) is 0 Å². The van der Waals surface area contributed by atoms with E-state index in [1.165, 1.54) is 0 Å². The second kappa shape index (κ2) is 9.44. The molecule has 4 nitrogen and oxygen atoms in total. The van der Waals surface area contributed by atoms with Crippen molar-refractivity contribution in [2.75, 3.05) is 24.6 Å². The maximum Gasteiger partial charge on any atom is 0.314 e. The molecule has 0 aliphatic rings. The van der Waals surface area contributed by atoms with Gasteiger partial charge in [-0.25, -0.2) is 4.79 Å². The predicted octanol–water partition coefficient (Wildman–Crippen LogP) is 2.25. The molecule has 0 aromatic heterocycles. The van der Waals surface area contributed by atoms with Crippen molar-refractivity contribution >= 4 is 17.8 Å². The molecule has 0 saturated heterocycles. The Morgan fingerprint density at radius 1 is 1.50 bits per heavy atom. The Labute approximate surface area is 124 Å². The van der Waals surface area contributed by atoms with Crippen LogP contribution < -0.4 is 10.6 Å². The summed E-state index contributed by atoms with van der Waals surface area (Å²) < 4.78 is 0. The summed E-state index contributed by atoms with van der Waals surface area (Å²) in [6, 6.07) is 7.37. The van der Waals surface area contributed by atoms with E-state index in [4.69, 9.17) is 0 Å². The molecule has 1 rings (SSSR count). The Hall–Kier alpha value is -1.46. The Morgan fingerprint density at radius 2 is 2.30 bits per heavy atom. The Kier molecular flexibility index (Phi) is 7.84. The van der Waals surface area contributed by atoms with Crippen LogP contribution >= 0.6 is 11.8 Å². The van der Waals surface area contributed by atoms with Crippen molar-refractivity contribution in [3.63, 3.8) is 0 Å². The third-order valence-electron chi connectivity index (χ3n) is 2.65. The fourth-order valence-corrected chi connectivity index (χ4v) is 2.23. The summed E-state index contributed by atoms with van der Waals surface area (Å²) in [5.41, 5.74) is 1.90. The maximum atomic E-state index is 11.5. The first-order chi connectivity index (χ1) is 9.63. The van der Waals surface area contributed by atoms with Crippen molar-refractivity contribution in [1.29, 1.82) is 0 Å². The molecule has 0 bridgehead atoms. The van der Waals surface area contributed by atoms with Gasteiger partial charge in [0.15, 0.2) is 0 Å².